The van der Waals surface area contributed by atoms with Gasteiger partial charge in [0, 0.05) is 30.1 Å². The van der Waals surface area contributed by atoms with Crippen molar-refractivity contribution in [2.24, 2.45) is 0 Å². The summed E-state index contributed by atoms with van der Waals surface area (Å²) >= 11 is 3.66. The van der Waals surface area contributed by atoms with Crippen molar-refractivity contribution in [3.8, 4) is 0 Å². The lowest BCUT2D eigenvalue weighted by molar-refractivity contribution is 0.174. The van der Waals surface area contributed by atoms with Crippen molar-refractivity contribution in [3.05, 3.63) is 34.3 Å². The molecule has 20 heavy (non-hydrogen) atoms. The first-order chi connectivity index (χ1) is 9.70. The van der Waals surface area contributed by atoms with Crippen LogP contribution < -0.4 is 5.32 Å². The number of nitrogens with one attached hydrogen (secondary N) is 1. The van der Waals surface area contributed by atoms with E-state index in [4.69, 9.17) is 0 Å². The number of halogens is 1. The third-order valence-corrected chi connectivity index (χ3v) is 4.63. The van der Waals surface area contributed by atoms with E-state index in [1.807, 2.05) is 0 Å². The largest absolute Gasteiger partial charge is 0.392 e. The summed E-state index contributed by atoms with van der Waals surface area (Å²) in [7, 11) is 0. The summed E-state index contributed by atoms with van der Waals surface area (Å²) in [6.45, 7) is 6.13. The zero-order valence-electron chi connectivity index (χ0n) is 12.2. The molecule has 1 aliphatic heterocycles. The summed E-state index contributed by atoms with van der Waals surface area (Å²) in [5.41, 5.74) is 1.33. The Morgan fingerprint density at radius 1 is 1.45 bits per heavy atom. The second kappa shape index (κ2) is 8.13. The second-order valence-electron chi connectivity index (χ2n) is 5.56. The van der Waals surface area contributed by atoms with Crippen molar-refractivity contribution < 1.29 is 5.11 Å². The van der Waals surface area contributed by atoms with Gasteiger partial charge in [-0.2, -0.15) is 0 Å². The number of nitrogens with zero attached hydrogens (tertiary/aromatic N) is 1. The molecule has 1 saturated heterocycles. The number of aliphatic hydroxyl groups is 1. The number of hydrogen-bond acceptors (Lipinski definition) is 3. The van der Waals surface area contributed by atoms with Crippen LogP contribution in [0.25, 0.3) is 0 Å². The van der Waals surface area contributed by atoms with Gasteiger partial charge in [0.1, 0.15) is 0 Å². The number of hydrogen-bond donors (Lipinski definition) is 2. The van der Waals surface area contributed by atoms with Crippen LogP contribution in [0.3, 0.4) is 0 Å². The minimum Gasteiger partial charge on any atom is -0.392 e. The minimum absolute atomic E-state index is 0.125. The Morgan fingerprint density at radius 2 is 2.25 bits per heavy atom. The van der Waals surface area contributed by atoms with Gasteiger partial charge in [-0.1, -0.05) is 41.1 Å². The van der Waals surface area contributed by atoms with E-state index in [2.05, 4.69) is 57.3 Å². The normalized spacial score (nSPS) is 21.2. The van der Waals surface area contributed by atoms with Gasteiger partial charge < -0.3 is 15.3 Å². The second-order valence-corrected chi connectivity index (χ2v) is 6.41. The molecule has 2 unspecified atom stereocenters. The summed E-state index contributed by atoms with van der Waals surface area (Å²) in [6, 6.07) is 8.83. The number of aliphatic hydroxyl groups excluding tert-OH is 1. The van der Waals surface area contributed by atoms with Crippen molar-refractivity contribution in [1.29, 1.82) is 0 Å². The average Bonchev–Trinajstić information content (AvgIpc) is 2.86. The van der Waals surface area contributed by atoms with Crippen molar-refractivity contribution in [2.75, 3.05) is 26.2 Å². The highest BCUT2D eigenvalue weighted by Gasteiger charge is 2.21. The molecular formula is C16H25BrN2O. The molecule has 1 aromatic rings. The fourth-order valence-corrected chi connectivity index (χ4v) is 3.33. The van der Waals surface area contributed by atoms with Crippen molar-refractivity contribution in [3.63, 3.8) is 0 Å². The average molecular weight is 341 g/mol. The van der Waals surface area contributed by atoms with Crippen molar-refractivity contribution >= 4 is 15.9 Å². The standard InChI is InChI=1S/C16H25BrN2O/c1-2-9-18-16(14-5-3-4-6-15(14)17)8-11-19-10-7-13(20)12-19/h3-6,13,16,18,20H,2,7-12H2,1H3. The van der Waals surface area contributed by atoms with Gasteiger partial charge in [-0.25, -0.2) is 0 Å². The fraction of sp³-hybridized carbons (Fsp3) is 0.625. The van der Waals surface area contributed by atoms with Gasteiger partial charge in [-0.3, -0.25) is 0 Å². The number of β-amino-alcohol motifs (C(OH)–C–C–N with tert-alkyl or cyclic N) is 1. The summed E-state index contributed by atoms with van der Waals surface area (Å²) in [5.74, 6) is 0. The van der Waals surface area contributed by atoms with E-state index in [9.17, 15) is 5.11 Å². The first-order valence-corrected chi connectivity index (χ1v) is 8.38. The summed E-state index contributed by atoms with van der Waals surface area (Å²) < 4.78 is 1.18. The molecule has 0 saturated carbocycles. The first kappa shape index (κ1) is 16.0. The molecule has 2 rings (SSSR count). The van der Waals surface area contributed by atoms with E-state index in [1.165, 1.54) is 10.0 Å². The molecular weight excluding hydrogens is 316 g/mol. The van der Waals surface area contributed by atoms with Crippen LogP contribution in [0, 0.1) is 0 Å². The molecule has 0 radical (unpaired) electrons. The molecule has 0 bridgehead atoms. The maximum absolute atomic E-state index is 9.60. The van der Waals surface area contributed by atoms with Gasteiger partial charge in [0.2, 0.25) is 0 Å². The molecule has 1 fully saturated rings. The van der Waals surface area contributed by atoms with Crippen LogP contribution in [-0.2, 0) is 0 Å². The van der Waals surface area contributed by atoms with E-state index in [1.54, 1.807) is 0 Å². The Labute approximate surface area is 130 Å². The summed E-state index contributed by atoms with van der Waals surface area (Å²) in [5, 5.41) is 13.2. The van der Waals surface area contributed by atoms with Crippen LogP contribution in [-0.4, -0.2) is 42.3 Å². The van der Waals surface area contributed by atoms with Crippen molar-refractivity contribution in [2.45, 2.75) is 38.3 Å². The fourth-order valence-electron chi connectivity index (χ4n) is 2.77. The van der Waals surface area contributed by atoms with Gasteiger partial charge in [0.15, 0.2) is 0 Å². The molecule has 0 aromatic heterocycles. The summed E-state index contributed by atoms with van der Waals surface area (Å²) in [4.78, 5) is 2.36. The number of benzene rings is 1. The molecule has 3 nitrogen and oxygen atoms in total. The maximum Gasteiger partial charge on any atom is 0.0679 e. The Balaban J connectivity index is 1.95. The molecule has 4 heteroatoms. The Kier molecular flexibility index (Phi) is 6.49. The molecule has 2 N–H and O–H groups in total. The van der Waals surface area contributed by atoms with Gasteiger partial charge >= 0.3 is 0 Å². The molecule has 112 valence electrons. The minimum atomic E-state index is -0.125. The predicted octanol–water partition coefficient (Wildman–Crippen LogP) is 2.95. The van der Waals surface area contributed by atoms with Crippen LogP contribution in [0.2, 0.25) is 0 Å². The highest BCUT2D eigenvalue weighted by atomic mass is 79.9. The monoisotopic (exact) mass is 340 g/mol. The Hall–Kier alpha value is -0.420. The molecule has 0 spiro atoms. The predicted molar refractivity (Wildman–Crippen MR) is 86.9 cm³/mol. The van der Waals surface area contributed by atoms with Crippen LogP contribution >= 0.6 is 15.9 Å². The zero-order valence-corrected chi connectivity index (χ0v) is 13.8. The van der Waals surface area contributed by atoms with E-state index < -0.39 is 0 Å². The van der Waals surface area contributed by atoms with Crippen LogP contribution in [0.15, 0.2) is 28.7 Å². The van der Waals surface area contributed by atoms with Gasteiger partial charge in [0.25, 0.3) is 0 Å². The maximum atomic E-state index is 9.60. The van der Waals surface area contributed by atoms with E-state index >= 15 is 0 Å². The molecule has 1 aromatic carbocycles. The van der Waals surface area contributed by atoms with E-state index in [0.717, 1.165) is 45.4 Å². The quantitative estimate of drug-likeness (QED) is 0.800. The smallest absolute Gasteiger partial charge is 0.0679 e. The van der Waals surface area contributed by atoms with Crippen LogP contribution in [0.1, 0.15) is 37.8 Å². The van der Waals surface area contributed by atoms with Crippen molar-refractivity contribution in [1.82, 2.24) is 10.2 Å². The lowest BCUT2D eigenvalue weighted by atomic mass is 10.0. The Morgan fingerprint density at radius 3 is 2.90 bits per heavy atom. The molecule has 0 amide bonds. The SMILES string of the molecule is CCCNC(CCN1CCC(O)C1)c1ccccc1Br. The van der Waals surface area contributed by atoms with E-state index in [-0.39, 0.29) is 6.10 Å². The zero-order chi connectivity index (χ0) is 14.4. The third kappa shape index (κ3) is 4.55. The summed E-state index contributed by atoms with van der Waals surface area (Å²) in [6.07, 6.45) is 3.02. The molecule has 0 aliphatic carbocycles. The van der Waals surface area contributed by atoms with Crippen LogP contribution in [0.4, 0.5) is 0 Å². The molecule has 1 aliphatic rings. The first-order valence-electron chi connectivity index (χ1n) is 7.59. The number of rotatable bonds is 7. The lowest BCUT2D eigenvalue weighted by Gasteiger charge is -2.23. The third-order valence-electron chi connectivity index (χ3n) is 3.90. The van der Waals surface area contributed by atoms with Gasteiger partial charge in [-0.05, 0) is 37.4 Å². The molecule has 1 heterocycles. The van der Waals surface area contributed by atoms with Gasteiger partial charge in [-0.15, -0.1) is 0 Å². The molecule has 2 atom stereocenters. The van der Waals surface area contributed by atoms with Crippen LogP contribution in [0.5, 0.6) is 0 Å². The number of likely N-dealkylation sites (tertiary alicyclic amines) is 1. The lowest BCUT2D eigenvalue weighted by Crippen LogP contribution is -2.29. The topological polar surface area (TPSA) is 35.5 Å². The van der Waals surface area contributed by atoms with E-state index in [0.29, 0.717) is 6.04 Å². The van der Waals surface area contributed by atoms with Gasteiger partial charge in [0.05, 0.1) is 6.10 Å². The Bertz CT molecular complexity index is 413. The highest BCUT2D eigenvalue weighted by Crippen LogP contribution is 2.26. The highest BCUT2D eigenvalue weighted by molar-refractivity contribution is 9.10.